The molecule has 0 unspecified atom stereocenters. The van der Waals surface area contributed by atoms with Crippen LogP contribution in [0.1, 0.15) is 32.0 Å². The number of aryl methyl sites for hydroxylation is 1. The highest BCUT2D eigenvalue weighted by Gasteiger charge is 2.16. The monoisotopic (exact) mass is 416 g/mol. The third-order valence-corrected chi connectivity index (χ3v) is 4.11. The number of pyridine rings is 1. The van der Waals surface area contributed by atoms with E-state index < -0.39 is 11.7 Å². The molecule has 1 amide bonds. The van der Waals surface area contributed by atoms with Gasteiger partial charge >= 0.3 is 6.09 Å². The van der Waals surface area contributed by atoms with E-state index in [-0.39, 0.29) is 0 Å². The Balaban J connectivity index is 1.81. The van der Waals surface area contributed by atoms with Crippen LogP contribution in [0.5, 0.6) is 11.6 Å². The van der Waals surface area contributed by atoms with Crippen molar-refractivity contribution in [2.45, 2.75) is 40.2 Å². The number of hydrogen-bond acceptors (Lipinski definition) is 7. The number of alkyl carbamates (subject to hydrolysis) is 1. The van der Waals surface area contributed by atoms with Crippen molar-refractivity contribution in [2.24, 2.45) is 0 Å². The van der Waals surface area contributed by atoms with Crippen molar-refractivity contribution in [2.75, 3.05) is 37.4 Å². The highest BCUT2D eigenvalue weighted by atomic mass is 16.6. The Labute approximate surface area is 178 Å². The smallest absolute Gasteiger partial charge is 0.407 e. The van der Waals surface area contributed by atoms with Crippen LogP contribution < -0.4 is 21.1 Å². The zero-order valence-electron chi connectivity index (χ0n) is 18.4. The number of amides is 1. The summed E-state index contributed by atoms with van der Waals surface area (Å²) in [5, 5.41) is 5.95. The standard InChI is InChI=1S/C22H32N4O4/c1-15-16(2)26-20(29-17-9-7-6-8-10-17)18(23)19(15)24-11-13-28-14-12-25-21(27)30-22(3,4)5/h6-10H,11-14,23H2,1-5H3,(H,24,26)(H,25,27). The molecule has 0 atom stereocenters. The van der Waals surface area contributed by atoms with Crippen LogP contribution in [-0.4, -0.2) is 43.0 Å². The predicted molar refractivity (Wildman–Crippen MR) is 118 cm³/mol. The van der Waals surface area contributed by atoms with Crippen LogP contribution in [0, 0.1) is 13.8 Å². The maximum absolute atomic E-state index is 11.6. The molecule has 0 aliphatic carbocycles. The van der Waals surface area contributed by atoms with Gasteiger partial charge in [-0.1, -0.05) is 18.2 Å². The molecule has 8 nitrogen and oxygen atoms in total. The lowest BCUT2D eigenvalue weighted by molar-refractivity contribution is 0.0502. The molecule has 1 heterocycles. The van der Waals surface area contributed by atoms with Crippen LogP contribution in [0.3, 0.4) is 0 Å². The second-order valence-electron chi connectivity index (χ2n) is 7.80. The van der Waals surface area contributed by atoms with Gasteiger partial charge in [-0.15, -0.1) is 0 Å². The van der Waals surface area contributed by atoms with Gasteiger partial charge in [-0.2, -0.15) is 0 Å². The van der Waals surface area contributed by atoms with Crippen molar-refractivity contribution >= 4 is 17.5 Å². The van der Waals surface area contributed by atoms with Crippen molar-refractivity contribution in [3.63, 3.8) is 0 Å². The number of carbonyl (C=O) groups excluding carboxylic acids is 1. The van der Waals surface area contributed by atoms with E-state index in [1.54, 1.807) is 0 Å². The third kappa shape index (κ3) is 7.44. The first-order valence-corrected chi connectivity index (χ1v) is 9.95. The molecule has 0 aliphatic heterocycles. The van der Waals surface area contributed by atoms with Gasteiger partial charge in [0, 0.05) is 18.8 Å². The van der Waals surface area contributed by atoms with Crippen molar-refractivity contribution < 1.29 is 19.0 Å². The molecule has 0 saturated heterocycles. The molecule has 164 valence electrons. The fourth-order valence-corrected chi connectivity index (χ4v) is 2.58. The van der Waals surface area contributed by atoms with Gasteiger partial charge in [0.25, 0.3) is 0 Å². The average molecular weight is 417 g/mol. The summed E-state index contributed by atoms with van der Waals surface area (Å²) in [5.74, 6) is 1.04. The van der Waals surface area contributed by atoms with Gasteiger partial charge in [0.15, 0.2) is 0 Å². The van der Waals surface area contributed by atoms with Gasteiger partial charge in [0.1, 0.15) is 17.0 Å². The van der Waals surface area contributed by atoms with Gasteiger partial charge in [-0.3, -0.25) is 0 Å². The van der Waals surface area contributed by atoms with E-state index in [4.69, 9.17) is 19.9 Å². The van der Waals surface area contributed by atoms with Crippen LogP contribution >= 0.6 is 0 Å². The Kier molecular flexibility index (Phi) is 8.29. The molecule has 1 aromatic carbocycles. The highest BCUT2D eigenvalue weighted by molar-refractivity contribution is 5.75. The molecule has 4 N–H and O–H groups in total. The molecule has 0 bridgehead atoms. The van der Waals surface area contributed by atoms with E-state index in [2.05, 4.69) is 15.6 Å². The maximum atomic E-state index is 11.6. The summed E-state index contributed by atoms with van der Waals surface area (Å²) in [4.78, 5) is 16.0. The number of nitrogens with zero attached hydrogens (tertiary/aromatic N) is 1. The summed E-state index contributed by atoms with van der Waals surface area (Å²) >= 11 is 0. The topological polar surface area (TPSA) is 108 Å². The summed E-state index contributed by atoms with van der Waals surface area (Å²) in [6, 6.07) is 9.40. The van der Waals surface area contributed by atoms with Crippen molar-refractivity contribution in [3.8, 4) is 11.6 Å². The summed E-state index contributed by atoms with van der Waals surface area (Å²) in [6.07, 6.45) is -0.453. The van der Waals surface area contributed by atoms with E-state index in [1.807, 2.05) is 65.0 Å². The second kappa shape index (κ2) is 10.7. The number of anilines is 2. The van der Waals surface area contributed by atoms with E-state index in [1.165, 1.54) is 0 Å². The van der Waals surface area contributed by atoms with Gasteiger partial charge in [-0.05, 0) is 52.3 Å². The van der Waals surface area contributed by atoms with Crippen LogP contribution in [0.15, 0.2) is 30.3 Å². The lowest BCUT2D eigenvalue weighted by Gasteiger charge is -2.19. The van der Waals surface area contributed by atoms with Crippen LogP contribution in [0.2, 0.25) is 0 Å². The lowest BCUT2D eigenvalue weighted by Crippen LogP contribution is -2.34. The molecule has 0 radical (unpaired) electrons. The fraction of sp³-hybridized carbons (Fsp3) is 0.455. The summed E-state index contributed by atoms with van der Waals surface area (Å²) in [5.41, 5.74) is 8.80. The Morgan fingerprint density at radius 3 is 2.43 bits per heavy atom. The molecule has 30 heavy (non-hydrogen) atoms. The van der Waals surface area contributed by atoms with Gasteiger partial charge in [0.2, 0.25) is 5.88 Å². The number of nitrogens with two attached hydrogens (primary N) is 1. The molecule has 8 heteroatoms. The van der Waals surface area contributed by atoms with Gasteiger partial charge in [0.05, 0.1) is 18.9 Å². The number of carbonyl (C=O) groups is 1. The summed E-state index contributed by atoms with van der Waals surface area (Å²) in [7, 11) is 0. The lowest BCUT2D eigenvalue weighted by atomic mass is 10.1. The molecule has 2 aromatic rings. The minimum atomic E-state index is -0.515. The minimum absolute atomic E-state index is 0.370. The quantitative estimate of drug-likeness (QED) is 0.530. The summed E-state index contributed by atoms with van der Waals surface area (Å²) < 4.78 is 16.6. The first kappa shape index (κ1) is 23.3. The SMILES string of the molecule is Cc1nc(Oc2ccccc2)c(N)c(NCCOCCNC(=O)OC(C)(C)C)c1C. The molecular formula is C22H32N4O4. The molecule has 0 saturated carbocycles. The zero-order chi connectivity index (χ0) is 22.1. The van der Waals surface area contributed by atoms with Crippen LogP contribution in [0.4, 0.5) is 16.2 Å². The fourth-order valence-electron chi connectivity index (χ4n) is 2.58. The Hall–Kier alpha value is -3.00. The van der Waals surface area contributed by atoms with E-state index in [0.29, 0.717) is 43.6 Å². The number of hydrogen-bond donors (Lipinski definition) is 3. The number of rotatable bonds is 9. The Morgan fingerprint density at radius 2 is 1.77 bits per heavy atom. The van der Waals surface area contributed by atoms with E-state index in [9.17, 15) is 4.79 Å². The minimum Gasteiger partial charge on any atom is -0.444 e. The van der Waals surface area contributed by atoms with E-state index in [0.717, 1.165) is 16.9 Å². The van der Waals surface area contributed by atoms with Crippen LogP contribution in [-0.2, 0) is 9.47 Å². The highest BCUT2D eigenvalue weighted by Crippen LogP contribution is 2.34. The van der Waals surface area contributed by atoms with Crippen molar-refractivity contribution in [1.82, 2.24) is 10.3 Å². The second-order valence-corrected chi connectivity index (χ2v) is 7.80. The maximum Gasteiger partial charge on any atom is 0.407 e. The molecule has 0 spiro atoms. The van der Waals surface area contributed by atoms with Crippen molar-refractivity contribution in [1.29, 1.82) is 0 Å². The Morgan fingerprint density at radius 1 is 1.10 bits per heavy atom. The number of aromatic nitrogens is 1. The first-order chi connectivity index (χ1) is 14.2. The largest absolute Gasteiger partial charge is 0.444 e. The number of benzene rings is 1. The van der Waals surface area contributed by atoms with Gasteiger partial charge in [-0.25, -0.2) is 9.78 Å². The molecule has 1 aromatic heterocycles. The number of para-hydroxylation sites is 1. The molecule has 0 aliphatic rings. The first-order valence-electron chi connectivity index (χ1n) is 9.95. The van der Waals surface area contributed by atoms with Crippen LogP contribution in [0.25, 0.3) is 0 Å². The number of nitrogens with one attached hydrogen (secondary N) is 2. The normalized spacial score (nSPS) is 11.1. The molecular weight excluding hydrogens is 384 g/mol. The third-order valence-electron chi connectivity index (χ3n) is 4.11. The van der Waals surface area contributed by atoms with E-state index >= 15 is 0 Å². The number of nitrogen functional groups attached to an aromatic ring is 1. The van der Waals surface area contributed by atoms with Gasteiger partial charge < -0.3 is 30.6 Å². The van der Waals surface area contributed by atoms with Crippen molar-refractivity contribution in [3.05, 3.63) is 41.6 Å². The molecule has 2 rings (SSSR count). The summed E-state index contributed by atoms with van der Waals surface area (Å²) in [6.45, 7) is 11.1. The number of ether oxygens (including phenoxy) is 3. The molecule has 0 fully saturated rings. The predicted octanol–water partition coefficient (Wildman–Crippen LogP) is 4.03. The average Bonchev–Trinajstić information content (AvgIpc) is 2.67. The Bertz CT molecular complexity index is 835. The zero-order valence-corrected chi connectivity index (χ0v) is 18.4.